The molecule has 0 fully saturated rings. The quantitative estimate of drug-likeness (QED) is 0.0647. The van der Waals surface area contributed by atoms with Crippen molar-refractivity contribution < 1.29 is 45.5 Å². The van der Waals surface area contributed by atoms with Gasteiger partial charge in [0.1, 0.15) is 25.6 Å². The van der Waals surface area contributed by atoms with Crippen molar-refractivity contribution in [3.05, 3.63) is 201 Å². The van der Waals surface area contributed by atoms with Crippen LogP contribution in [0.1, 0.15) is 205 Å². The van der Waals surface area contributed by atoms with Crippen LogP contribution in [0.2, 0.25) is 33.2 Å². The summed E-state index contributed by atoms with van der Waals surface area (Å²) in [5.74, 6) is -1.55. The molecule has 0 saturated carbocycles. The number of aliphatic hydroxyl groups is 1. The molecule has 10 rings (SSSR count). The van der Waals surface area contributed by atoms with Gasteiger partial charge in [-0.3, -0.25) is 0 Å². The Bertz CT molecular complexity index is 4400. The number of phenolic OH excluding ortho intramolecular Hbond substituents is 1. The van der Waals surface area contributed by atoms with Crippen LogP contribution in [0.5, 0.6) is 11.5 Å². The van der Waals surface area contributed by atoms with E-state index in [1.54, 1.807) is 12.1 Å². The zero-order valence-electron chi connectivity index (χ0n) is 63.6. The minimum Gasteiger partial charge on any atom is -0.505 e. The summed E-state index contributed by atoms with van der Waals surface area (Å²) in [6.07, 6.45) is 6.45. The second-order valence-electron chi connectivity index (χ2n) is 36.3. The van der Waals surface area contributed by atoms with Gasteiger partial charge >= 0.3 is 0 Å². The van der Waals surface area contributed by atoms with Gasteiger partial charge in [-0.05, 0) is 192 Å². The Balaban J connectivity index is 0.00000451. The first-order chi connectivity index (χ1) is 43.5. The Kier molecular flexibility index (Phi) is 22.9. The smallest absolute Gasteiger partial charge is 0.217 e. The molecule has 9 aromatic rings. The van der Waals surface area contributed by atoms with Gasteiger partial charge in [0.2, 0.25) is 5.79 Å². The Labute approximate surface area is 628 Å². The van der Waals surface area contributed by atoms with Gasteiger partial charge in [-0.1, -0.05) is 242 Å². The summed E-state index contributed by atoms with van der Waals surface area (Å²) >= 11 is 28.5. The van der Waals surface area contributed by atoms with Crippen molar-refractivity contribution in [3.8, 4) is 28.3 Å². The maximum atomic E-state index is 14.5. The van der Waals surface area contributed by atoms with E-state index < -0.39 is 19.9 Å². The molecular formula is C86H110Cl4HfN2O4Si-2. The zero-order chi connectivity index (χ0) is 70.3. The van der Waals surface area contributed by atoms with Crippen molar-refractivity contribution >= 4 is 104 Å². The molecule has 2 N–H and O–H groups in total. The molecule has 98 heavy (non-hydrogen) atoms. The number of nitrogens with zero attached hydrogens (tertiary/aromatic N) is 2. The molecule has 1 aliphatic rings. The summed E-state index contributed by atoms with van der Waals surface area (Å²) in [7, 11) is -2.80. The molecular weight excluding hydrogens is 1470 g/mol. The fraction of sp³-hybridized carbons (Fsp3) is 0.442. The topological polar surface area (TPSA) is 68.8 Å². The molecule has 7 aromatic carbocycles. The van der Waals surface area contributed by atoms with E-state index >= 15 is 0 Å². The zero-order valence-corrected chi connectivity index (χ0v) is 71.3. The van der Waals surface area contributed by atoms with E-state index in [0.717, 1.165) is 67.6 Å². The molecule has 2 aromatic heterocycles. The summed E-state index contributed by atoms with van der Waals surface area (Å²) in [5, 5.41) is 33.9. The monoisotopic (exact) mass is 1580 g/mol. The van der Waals surface area contributed by atoms with Gasteiger partial charge in [0.05, 0.1) is 28.0 Å². The molecule has 0 saturated heterocycles. The average molecular weight is 1580 g/mol. The largest absolute Gasteiger partial charge is 0.505 e. The van der Waals surface area contributed by atoms with Gasteiger partial charge < -0.3 is 43.7 Å². The SMILES string of the molecule is CC(C)(C)CC(C)(C)C1=CC(n2c3ccc(C(C)(C)C)cc3c3cc(C(C)(C)C)ccc32)C(O)(OC[Si](C)(C)COc2c(Cl)cc(Cl)cc2-c2cc(C(C)(C)CC(C)(C)C)cc(-n3c4ccc(C(C)(C)C)cc4c4cc(C(C)(C)C)ccc43)c2O)C(c2cc(Cl)cc(Cl)c2)=C1.[CH3-].[CH3-].[Hf]. The molecule has 2 unspecified atom stereocenters. The molecule has 526 valence electrons. The third-order valence-electron chi connectivity index (χ3n) is 19.3. The second-order valence-corrected chi connectivity index (χ2v) is 42.9. The van der Waals surface area contributed by atoms with Crippen LogP contribution < -0.4 is 4.74 Å². The van der Waals surface area contributed by atoms with Gasteiger partial charge in [0, 0.05) is 96.4 Å². The van der Waals surface area contributed by atoms with Crippen LogP contribution in [0, 0.1) is 31.1 Å². The standard InChI is InChI=1S/C84H104Cl4N2O4Si.2CH3.Hf/c1-76(2,3)46-82(19,20)55-39-64(74(91)72(41-55)89-68-29-25-51(78(7,8)9)35-60(68)61-36-52(79(10,11)12)26-30-69(61)89)65-44-59(87)45-67(88)75(65)93-48-95(23,24)49-94-84(92)66(50-33-57(85)43-58(86)34-50)40-56(83(21,22)47-77(4,5)6)42-73(84)90-70-31-27-53(80(13,14)15)37-62(70)63-38-54(81(16,17)18)28-32-71(63)90;;;/h25-45,73,91-92H,46-49H2,1-24H3;2*1H3;/q;2*-1;. The first kappa shape index (κ1) is 80.7. The molecule has 6 nitrogen and oxygen atoms in total. The molecule has 2 heterocycles. The summed E-state index contributed by atoms with van der Waals surface area (Å²) in [4.78, 5) is 0. The van der Waals surface area contributed by atoms with Crippen molar-refractivity contribution in [1.29, 1.82) is 0 Å². The maximum absolute atomic E-state index is 14.5. The van der Waals surface area contributed by atoms with Crippen molar-refractivity contribution in [3.63, 3.8) is 0 Å². The van der Waals surface area contributed by atoms with Crippen molar-refractivity contribution in [2.45, 2.75) is 217 Å². The first-order valence-electron chi connectivity index (χ1n) is 33.9. The third-order valence-corrected chi connectivity index (χ3v) is 22.1. The Morgan fingerprint density at radius 1 is 0.480 bits per heavy atom. The number of fused-ring (bicyclic) bond motifs is 6. The van der Waals surface area contributed by atoms with Crippen LogP contribution in [0.25, 0.3) is 66.0 Å². The van der Waals surface area contributed by atoms with Crippen LogP contribution in [-0.4, -0.2) is 45.7 Å². The van der Waals surface area contributed by atoms with Crippen LogP contribution in [0.4, 0.5) is 0 Å². The number of rotatable bonds is 14. The van der Waals surface area contributed by atoms with Crippen LogP contribution in [0.3, 0.4) is 0 Å². The predicted molar refractivity (Wildman–Crippen MR) is 425 cm³/mol. The van der Waals surface area contributed by atoms with Crippen molar-refractivity contribution in [2.24, 2.45) is 16.2 Å². The van der Waals surface area contributed by atoms with Crippen LogP contribution in [0.15, 0.2) is 133 Å². The molecule has 0 spiro atoms. The summed E-state index contributed by atoms with van der Waals surface area (Å²) in [6.45, 7) is 54.3. The van der Waals surface area contributed by atoms with Crippen LogP contribution in [-0.2, 0) is 57.7 Å². The number of ether oxygens (including phenoxy) is 2. The number of hydrogen-bond acceptors (Lipinski definition) is 4. The van der Waals surface area contributed by atoms with Crippen LogP contribution >= 0.6 is 46.4 Å². The fourth-order valence-corrected chi connectivity index (χ4v) is 17.2. The normalized spacial score (nSPS) is 16.3. The Morgan fingerprint density at radius 3 is 1.32 bits per heavy atom. The summed E-state index contributed by atoms with van der Waals surface area (Å²) in [6, 6.07) is 39.7. The number of aromatic nitrogens is 2. The van der Waals surface area contributed by atoms with Gasteiger partial charge in [0.25, 0.3) is 0 Å². The van der Waals surface area contributed by atoms with Gasteiger partial charge in [-0.25, -0.2) is 0 Å². The molecule has 12 heteroatoms. The molecule has 0 bridgehead atoms. The summed E-state index contributed by atoms with van der Waals surface area (Å²) < 4.78 is 19.2. The maximum Gasteiger partial charge on any atom is 0.217 e. The average Bonchev–Trinajstić information content (AvgIpc) is 1.51. The van der Waals surface area contributed by atoms with Gasteiger partial charge in [-0.15, -0.1) is 0 Å². The Hall–Kier alpha value is -4.61. The minimum atomic E-state index is -2.80. The van der Waals surface area contributed by atoms with E-state index in [0.29, 0.717) is 53.8 Å². The van der Waals surface area contributed by atoms with E-state index in [2.05, 4.69) is 272 Å². The van der Waals surface area contributed by atoms with E-state index in [1.165, 1.54) is 22.3 Å². The van der Waals surface area contributed by atoms with E-state index in [-0.39, 0.29) is 102 Å². The number of hydrogen-bond donors (Lipinski definition) is 2. The second kappa shape index (κ2) is 27.9. The van der Waals surface area contributed by atoms with Crippen molar-refractivity contribution in [1.82, 2.24) is 9.13 Å². The number of halogens is 4. The molecule has 2 atom stereocenters. The Morgan fingerprint density at radius 2 is 0.888 bits per heavy atom. The molecule has 0 amide bonds. The van der Waals surface area contributed by atoms with E-state index in [9.17, 15) is 10.2 Å². The molecule has 0 aliphatic heterocycles. The minimum absolute atomic E-state index is 0. The molecule has 0 radical (unpaired) electrons. The van der Waals surface area contributed by atoms with Crippen molar-refractivity contribution in [2.75, 3.05) is 12.5 Å². The van der Waals surface area contributed by atoms with Gasteiger partial charge in [0.15, 0.2) is 0 Å². The number of aromatic hydroxyl groups is 1. The first-order valence-corrected chi connectivity index (χ1v) is 38.8. The van der Waals surface area contributed by atoms with E-state index in [4.69, 9.17) is 55.9 Å². The number of allylic oxidation sites excluding steroid dienone is 2. The van der Waals surface area contributed by atoms with E-state index in [1.807, 2.05) is 18.2 Å². The molecule has 1 aliphatic carbocycles. The predicted octanol–water partition coefficient (Wildman–Crippen LogP) is 26.3. The fourth-order valence-electron chi connectivity index (χ4n) is 14.8. The number of phenols is 1. The summed E-state index contributed by atoms with van der Waals surface area (Å²) in [5.41, 5.74) is 12.6. The third kappa shape index (κ3) is 16.6. The van der Waals surface area contributed by atoms with Gasteiger partial charge in [-0.2, -0.15) is 0 Å². The number of benzene rings is 7.